The van der Waals surface area contributed by atoms with E-state index in [-0.39, 0.29) is 37.4 Å². The summed E-state index contributed by atoms with van der Waals surface area (Å²) in [4.78, 5) is 107. The lowest BCUT2D eigenvalue weighted by Gasteiger charge is -2.50. The molecule has 6 amide bonds. The van der Waals surface area contributed by atoms with Gasteiger partial charge in [0, 0.05) is 13.1 Å². The minimum absolute atomic E-state index is 0.0532. The van der Waals surface area contributed by atoms with Gasteiger partial charge in [-0.3, -0.25) is 38.5 Å². The number of carbonyl (C=O) groups excluding carboxylic acids is 8. The summed E-state index contributed by atoms with van der Waals surface area (Å²) in [6.45, 7) is 8.78. The lowest BCUT2D eigenvalue weighted by molar-refractivity contribution is -0.193. The number of likely N-dealkylation sites (N-methyl/N-ethyl adjacent to an activating group) is 1. The number of piperazine rings is 1. The van der Waals surface area contributed by atoms with Gasteiger partial charge in [-0.2, -0.15) is 0 Å². The molecule has 3 N–H and O–H groups in total. The summed E-state index contributed by atoms with van der Waals surface area (Å²) in [6.07, 6.45) is 0.507. The third-order valence-corrected chi connectivity index (χ3v) is 9.92. The number of phenolic OH excluding ortho intramolecular Hbond substituents is 1. The number of aromatic hydroxyl groups is 1. The molecule has 0 aliphatic carbocycles. The Labute approximate surface area is 280 Å². The number of benzene rings is 1. The molecular weight excluding hydrogens is 652 g/mol. The van der Waals surface area contributed by atoms with Crippen molar-refractivity contribution in [3.05, 3.63) is 29.8 Å². The molecule has 17 nitrogen and oxygen atoms in total. The molecule has 1 unspecified atom stereocenters. The zero-order chi connectivity index (χ0) is 35.8. The molecule has 260 valence electrons. The van der Waals surface area contributed by atoms with Crippen LogP contribution in [-0.2, 0) is 47.8 Å². The number of thioether (sulfide) groups is 1. The number of β-lactam (4-membered cyclic amide) rings is 1. The Kier molecular flexibility index (Phi) is 9.99. The van der Waals surface area contributed by atoms with Gasteiger partial charge in [-0.15, -0.1) is 11.8 Å². The molecule has 1 aromatic carbocycles. The van der Waals surface area contributed by atoms with Crippen molar-refractivity contribution < 1.29 is 52.9 Å². The molecule has 0 aromatic heterocycles. The molecule has 3 aliphatic heterocycles. The van der Waals surface area contributed by atoms with Gasteiger partial charge in [0.05, 0.1) is 16.7 Å². The second kappa shape index (κ2) is 13.3. The summed E-state index contributed by atoms with van der Waals surface area (Å²) in [5.41, 5.74) is -3.19. The Morgan fingerprint density at radius 1 is 1.08 bits per heavy atom. The molecule has 0 radical (unpaired) electrons. The maximum absolute atomic E-state index is 14.5. The van der Waals surface area contributed by atoms with E-state index in [4.69, 9.17) is 9.47 Å². The van der Waals surface area contributed by atoms with E-state index >= 15 is 0 Å². The molecule has 0 saturated carbocycles. The van der Waals surface area contributed by atoms with Crippen LogP contribution in [0.25, 0.3) is 0 Å². The largest absolute Gasteiger partial charge is 0.508 e. The molecule has 48 heavy (non-hydrogen) atoms. The number of fused-ring (bicyclic) bond motifs is 1. The summed E-state index contributed by atoms with van der Waals surface area (Å²) in [5, 5.41) is 15.6. The molecule has 0 spiro atoms. The fourth-order valence-corrected chi connectivity index (χ4v) is 7.38. The quantitative estimate of drug-likeness (QED) is 0.0810. The van der Waals surface area contributed by atoms with Gasteiger partial charge >= 0.3 is 23.8 Å². The monoisotopic (exact) mass is 690 g/mol. The average molecular weight is 691 g/mol. The van der Waals surface area contributed by atoms with Gasteiger partial charge in [-0.05, 0) is 59.2 Å². The van der Waals surface area contributed by atoms with Crippen LogP contribution in [0.1, 0.15) is 53.1 Å². The predicted octanol–water partition coefficient (Wildman–Crippen LogP) is -0.792. The Bertz CT molecular complexity index is 1510. The number of nitrogens with one attached hydrogen (secondary N) is 2. The summed E-state index contributed by atoms with van der Waals surface area (Å²) in [6, 6.07) is 2.30. The SMILES string of the molecule is CCN1CCN(N(C=O)C(C(=O)N[C@@]2(C(=O)OCOC(=O)C(C)(C)C)N3C(=O)[C@H](NC=O)[C@H]3SC2(C)C)c2ccc(O)cc2)C(=O)C1=O. The van der Waals surface area contributed by atoms with Gasteiger partial charge in [0.2, 0.25) is 25.3 Å². The summed E-state index contributed by atoms with van der Waals surface area (Å²) in [7, 11) is 0. The van der Waals surface area contributed by atoms with E-state index in [2.05, 4.69) is 10.6 Å². The Morgan fingerprint density at radius 2 is 1.73 bits per heavy atom. The van der Waals surface area contributed by atoms with E-state index in [1.54, 1.807) is 41.5 Å². The fourth-order valence-electron chi connectivity index (χ4n) is 5.68. The number of nitrogens with zero attached hydrogens (tertiary/aromatic N) is 4. The Hall–Kier alpha value is -4.87. The molecule has 1 aromatic rings. The summed E-state index contributed by atoms with van der Waals surface area (Å²) >= 11 is 1.08. The van der Waals surface area contributed by atoms with Crippen LogP contribution in [0.2, 0.25) is 0 Å². The van der Waals surface area contributed by atoms with Crippen molar-refractivity contribution in [1.82, 2.24) is 30.5 Å². The van der Waals surface area contributed by atoms with E-state index in [1.807, 2.05) is 0 Å². The highest BCUT2D eigenvalue weighted by Crippen LogP contribution is 2.56. The van der Waals surface area contributed by atoms with E-state index in [9.17, 15) is 43.5 Å². The normalized spacial score (nSPS) is 23.8. The first-order valence-corrected chi connectivity index (χ1v) is 15.8. The van der Waals surface area contributed by atoms with Crippen LogP contribution in [-0.4, -0.2) is 122 Å². The Balaban J connectivity index is 1.78. The second-order valence-corrected chi connectivity index (χ2v) is 14.5. The molecule has 4 atom stereocenters. The van der Waals surface area contributed by atoms with Crippen molar-refractivity contribution in [1.29, 1.82) is 0 Å². The summed E-state index contributed by atoms with van der Waals surface area (Å²) < 4.78 is 9.09. The second-order valence-electron chi connectivity index (χ2n) is 12.7. The van der Waals surface area contributed by atoms with Crippen molar-refractivity contribution in [3.8, 4) is 5.75 Å². The standard InChI is InChI=1S/C30H38N6O11S/c1-7-33-12-13-34(24(43)23(33)42)35(15-38)20(17-8-10-18(39)11-9-17)21(40)32-30(27(45)47-16-46-26(44)28(2,3)4)29(5,6)48-25-19(31-14-37)22(41)36(25)30/h8-11,14-15,19-20,25,39H,7,12-13,16H2,1-6H3,(H,31,37)(H,32,40)/t19-,20?,25+,30-/m0/s1. The maximum atomic E-state index is 14.5. The number of rotatable bonds is 12. The number of hydrazine groups is 1. The minimum atomic E-state index is -2.31. The lowest BCUT2D eigenvalue weighted by atomic mass is 9.87. The van der Waals surface area contributed by atoms with Crippen molar-refractivity contribution in [2.75, 3.05) is 26.4 Å². The van der Waals surface area contributed by atoms with Crippen LogP contribution < -0.4 is 10.6 Å². The highest BCUT2D eigenvalue weighted by molar-refractivity contribution is 8.01. The van der Waals surface area contributed by atoms with Crippen LogP contribution in [0.15, 0.2) is 24.3 Å². The molecule has 3 saturated heterocycles. The molecule has 3 fully saturated rings. The first-order valence-electron chi connectivity index (χ1n) is 15.0. The fraction of sp³-hybridized carbons (Fsp3) is 0.533. The number of amides is 6. The van der Waals surface area contributed by atoms with Gasteiger partial charge in [0.15, 0.2) is 6.04 Å². The van der Waals surface area contributed by atoms with Crippen molar-refractivity contribution in [2.24, 2.45) is 5.41 Å². The smallest absolute Gasteiger partial charge is 0.357 e. The number of hydrogen-bond donors (Lipinski definition) is 3. The van der Waals surface area contributed by atoms with E-state index in [0.717, 1.165) is 21.7 Å². The van der Waals surface area contributed by atoms with E-state index in [1.165, 1.54) is 29.2 Å². The number of esters is 2. The van der Waals surface area contributed by atoms with Crippen molar-refractivity contribution in [2.45, 2.75) is 69.4 Å². The van der Waals surface area contributed by atoms with Crippen LogP contribution >= 0.6 is 11.8 Å². The van der Waals surface area contributed by atoms with E-state index in [0.29, 0.717) is 11.4 Å². The molecule has 3 heterocycles. The molecule has 4 rings (SSSR count). The van der Waals surface area contributed by atoms with Crippen LogP contribution in [0.3, 0.4) is 0 Å². The molecule has 3 aliphatic rings. The van der Waals surface area contributed by atoms with Crippen LogP contribution in [0.4, 0.5) is 0 Å². The maximum Gasteiger partial charge on any atom is 0.357 e. The number of phenols is 1. The van der Waals surface area contributed by atoms with Gasteiger partial charge in [-0.1, -0.05) is 12.1 Å². The minimum Gasteiger partial charge on any atom is -0.508 e. The van der Waals surface area contributed by atoms with Crippen molar-refractivity contribution >= 4 is 60.1 Å². The number of carbonyl (C=O) groups is 8. The highest BCUT2D eigenvalue weighted by atomic mass is 32.2. The zero-order valence-electron chi connectivity index (χ0n) is 27.3. The predicted molar refractivity (Wildman–Crippen MR) is 165 cm³/mol. The summed E-state index contributed by atoms with van der Waals surface area (Å²) in [5.74, 6) is -5.87. The highest BCUT2D eigenvalue weighted by Gasteiger charge is 2.74. The first kappa shape index (κ1) is 36.0. The van der Waals surface area contributed by atoms with Gasteiger partial charge in [-0.25, -0.2) is 14.8 Å². The molecular formula is C30H38N6O11S. The lowest BCUT2D eigenvalue weighted by Crippen LogP contribution is -2.80. The van der Waals surface area contributed by atoms with Crippen LogP contribution in [0.5, 0.6) is 5.75 Å². The molecule has 0 bridgehead atoms. The van der Waals surface area contributed by atoms with Gasteiger partial charge < -0.3 is 30.1 Å². The van der Waals surface area contributed by atoms with Crippen molar-refractivity contribution in [3.63, 3.8) is 0 Å². The van der Waals surface area contributed by atoms with E-state index < -0.39 is 75.6 Å². The third kappa shape index (κ3) is 6.11. The first-order chi connectivity index (χ1) is 22.5. The third-order valence-electron chi connectivity index (χ3n) is 8.31. The molecule has 18 heteroatoms. The van der Waals surface area contributed by atoms with Gasteiger partial charge in [0.25, 0.3) is 11.8 Å². The Morgan fingerprint density at radius 3 is 2.29 bits per heavy atom. The van der Waals surface area contributed by atoms with Gasteiger partial charge in [0.1, 0.15) is 17.2 Å². The number of ether oxygens (including phenoxy) is 2. The zero-order valence-corrected chi connectivity index (χ0v) is 28.1. The topological polar surface area (TPSA) is 212 Å². The average Bonchev–Trinajstić information content (AvgIpc) is 3.23. The number of hydrogen-bond acceptors (Lipinski definition) is 12. The van der Waals surface area contributed by atoms with Crippen LogP contribution in [0, 0.1) is 5.41 Å².